The van der Waals surface area contributed by atoms with Crippen molar-refractivity contribution in [3.8, 4) is 11.4 Å². The van der Waals surface area contributed by atoms with Crippen LogP contribution in [0.2, 0.25) is 0 Å². The largest absolute Gasteiger partial charge is 0.383 e. The molecule has 6 nitrogen and oxygen atoms in total. The summed E-state index contributed by atoms with van der Waals surface area (Å²) in [5, 5.41) is 12.6. The van der Waals surface area contributed by atoms with Gasteiger partial charge in [-0.2, -0.15) is 0 Å². The number of ether oxygens (including phenoxy) is 1. The summed E-state index contributed by atoms with van der Waals surface area (Å²) in [4.78, 5) is 12.3. The molecule has 152 valence electrons. The van der Waals surface area contributed by atoms with Gasteiger partial charge in [-0.05, 0) is 31.7 Å². The number of amides is 1. The van der Waals surface area contributed by atoms with Gasteiger partial charge in [-0.1, -0.05) is 54.8 Å². The van der Waals surface area contributed by atoms with Crippen LogP contribution in [0.15, 0.2) is 29.4 Å². The lowest BCUT2D eigenvalue weighted by atomic mass is 9.89. The molecule has 1 aromatic carbocycles. The molecule has 0 unspecified atom stereocenters. The number of hydrogen-bond donors (Lipinski definition) is 1. The number of rotatable bonds is 9. The molecule has 1 aliphatic carbocycles. The van der Waals surface area contributed by atoms with E-state index in [0.717, 1.165) is 23.1 Å². The second kappa shape index (κ2) is 10.6. The maximum absolute atomic E-state index is 12.3. The first-order valence-electron chi connectivity index (χ1n) is 10.1. The topological polar surface area (TPSA) is 69.0 Å². The SMILES string of the molecule is COCCn1c(SCC(=O)NCC2CCCCC2)nnc1-c1cccc(C)c1. The summed E-state index contributed by atoms with van der Waals surface area (Å²) >= 11 is 1.43. The fourth-order valence-electron chi connectivity index (χ4n) is 3.61. The maximum atomic E-state index is 12.3. The van der Waals surface area contributed by atoms with Crippen molar-refractivity contribution in [3.05, 3.63) is 29.8 Å². The van der Waals surface area contributed by atoms with Crippen LogP contribution in [-0.2, 0) is 16.1 Å². The molecular formula is C21H30N4O2S. The lowest BCUT2D eigenvalue weighted by molar-refractivity contribution is -0.118. The summed E-state index contributed by atoms with van der Waals surface area (Å²) in [6.07, 6.45) is 6.39. The Labute approximate surface area is 171 Å². The normalized spacial score (nSPS) is 14.9. The summed E-state index contributed by atoms with van der Waals surface area (Å²) in [5.41, 5.74) is 2.20. The van der Waals surface area contributed by atoms with Gasteiger partial charge in [0, 0.05) is 19.2 Å². The quantitative estimate of drug-likeness (QED) is 0.648. The van der Waals surface area contributed by atoms with E-state index in [1.165, 1.54) is 49.4 Å². The van der Waals surface area contributed by atoms with Crippen LogP contribution >= 0.6 is 11.8 Å². The Hall–Kier alpha value is -1.86. The monoisotopic (exact) mass is 402 g/mol. The first-order chi connectivity index (χ1) is 13.7. The third-order valence-electron chi connectivity index (χ3n) is 5.16. The molecule has 0 spiro atoms. The average molecular weight is 403 g/mol. The summed E-state index contributed by atoms with van der Waals surface area (Å²) in [5.74, 6) is 1.87. The fraction of sp³-hybridized carbons (Fsp3) is 0.571. The van der Waals surface area contributed by atoms with E-state index in [-0.39, 0.29) is 5.91 Å². The van der Waals surface area contributed by atoms with Crippen LogP contribution in [-0.4, -0.2) is 46.7 Å². The summed E-state index contributed by atoms with van der Waals surface area (Å²) < 4.78 is 7.29. The smallest absolute Gasteiger partial charge is 0.230 e. The number of methoxy groups -OCH3 is 1. The zero-order valence-corrected chi connectivity index (χ0v) is 17.6. The Morgan fingerprint density at radius 2 is 2.11 bits per heavy atom. The van der Waals surface area contributed by atoms with E-state index in [1.54, 1.807) is 7.11 Å². The number of benzene rings is 1. The van der Waals surface area contributed by atoms with Crippen LogP contribution in [0.1, 0.15) is 37.7 Å². The molecule has 0 saturated heterocycles. The van der Waals surface area contributed by atoms with Crippen molar-refractivity contribution in [2.75, 3.05) is 26.0 Å². The number of carbonyl (C=O) groups excluding carboxylic acids is 1. The van der Waals surface area contributed by atoms with E-state index >= 15 is 0 Å². The van der Waals surface area contributed by atoms with Crippen LogP contribution in [0.4, 0.5) is 0 Å². The van der Waals surface area contributed by atoms with Gasteiger partial charge in [-0.3, -0.25) is 9.36 Å². The third kappa shape index (κ3) is 5.82. The van der Waals surface area contributed by atoms with E-state index in [4.69, 9.17) is 4.74 Å². The van der Waals surface area contributed by atoms with E-state index in [1.807, 2.05) is 16.7 Å². The molecule has 1 aromatic heterocycles. The fourth-order valence-corrected chi connectivity index (χ4v) is 4.40. The van der Waals surface area contributed by atoms with Gasteiger partial charge >= 0.3 is 0 Å². The Kier molecular flexibility index (Phi) is 7.91. The minimum Gasteiger partial charge on any atom is -0.383 e. The van der Waals surface area contributed by atoms with Crippen LogP contribution < -0.4 is 5.32 Å². The van der Waals surface area contributed by atoms with Gasteiger partial charge < -0.3 is 10.1 Å². The van der Waals surface area contributed by atoms with Crippen molar-refractivity contribution < 1.29 is 9.53 Å². The zero-order valence-electron chi connectivity index (χ0n) is 16.8. The first kappa shape index (κ1) is 20.9. The van der Waals surface area contributed by atoms with Gasteiger partial charge in [0.1, 0.15) is 0 Å². The predicted molar refractivity (Wildman–Crippen MR) is 112 cm³/mol. The van der Waals surface area contributed by atoms with Gasteiger partial charge in [0.25, 0.3) is 0 Å². The Bertz CT molecular complexity index is 772. The highest BCUT2D eigenvalue weighted by atomic mass is 32.2. The first-order valence-corrected chi connectivity index (χ1v) is 11.0. The van der Waals surface area contributed by atoms with Gasteiger partial charge in [0.2, 0.25) is 5.91 Å². The molecule has 1 saturated carbocycles. The minimum absolute atomic E-state index is 0.0639. The minimum atomic E-state index is 0.0639. The average Bonchev–Trinajstić information content (AvgIpc) is 3.12. The highest BCUT2D eigenvalue weighted by molar-refractivity contribution is 7.99. The summed E-state index contributed by atoms with van der Waals surface area (Å²) in [7, 11) is 1.68. The second-order valence-corrected chi connectivity index (χ2v) is 8.36. The number of carbonyl (C=O) groups is 1. The molecule has 1 fully saturated rings. The second-order valence-electron chi connectivity index (χ2n) is 7.42. The van der Waals surface area contributed by atoms with Crippen LogP contribution in [0.25, 0.3) is 11.4 Å². The van der Waals surface area contributed by atoms with Crippen molar-refractivity contribution in [1.82, 2.24) is 20.1 Å². The van der Waals surface area contributed by atoms with Gasteiger partial charge in [-0.15, -0.1) is 10.2 Å². The highest BCUT2D eigenvalue weighted by Crippen LogP contribution is 2.25. The lowest BCUT2D eigenvalue weighted by Crippen LogP contribution is -2.31. The Morgan fingerprint density at radius 1 is 1.29 bits per heavy atom. The van der Waals surface area contributed by atoms with E-state index in [9.17, 15) is 4.79 Å². The van der Waals surface area contributed by atoms with Crippen LogP contribution in [0.5, 0.6) is 0 Å². The third-order valence-corrected chi connectivity index (χ3v) is 6.12. The van der Waals surface area contributed by atoms with Crippen molar-refractivity contribution in [3.63, 3.8) is 0 Å². The molecule has 0 atom stereocenters. The molecule has 1 aliphatic rings. The molecule has 1 amide bonds. The van der Waals surface area contributed by atoms with Gasteiger partial charge in [-0.25, -0.2) is 0 Å². The van der Waals surface area contributed by atoms with Crippen molar-refractivity contribution in [2.24, 2.45) is 5.92 Å². The standard InChI is InChI=1S/C21H30N4O2S/c1-16-7-6-10-18(13-16)20-23-24-21(25(20)11-12-27-2)28-15-19(26)22-14-17-8-4-3-5-9-17/h6-7,10,13,17H,3-5,8-9,11-12,14-15H2,1-2H3,(H,22,26). The molecule has 7 heteroatoms. The van der Waals surface area contributed by atoms with E-state index < -0.39 is 0 Å². The maximum Gasteiger partial charge on any atom is 0.230 e. The molecule has 1 N–H and O–H groups in total. The molecule has 2 aromatic rings. The Balaban J connectivity index is 1.61. The highest BCUT2D eigenvalue weighted by Gasteiger charge is 2.17. The number of thioether (sulfide) groups is 1. The molecule has 28 heavy (non-hydrogen) atoms. The van der Waals surface area contributed by atoms with Gasteiger partial charge in [0.15, 0.2) is 11.0 Å². The molecule has 0 aliphatic heterocycles. The van der Waals surface area contributed by atoms with Crippen molar-refractivity contribution >= 4 is 17.7 Å². The molecule has 0 radical (unpaired) electrons. The molecule has 1 heterocycles. The Morgan fingerprint density at radius 3 is 2.86 bits per heavy atom. The molecular weight excluding hydrogens is 372 g/mol. The predicted octanol–water partition coefficient (Wildman–Crippen LogP) is 3.69. The van der Waals surface area contributed by atoms with E-state index in [2.05, 4.69) is 34.6 Å². The zero-order chi connectivity index (χ0) is 19.8. The molecule has 3 rings (SSSR count). The summed E-state index contributed by atoms with van der Waals surface area (Å²) in [6.45, 7) is 4.08. The summed E-state index contributed by atoms with van der Waals surface area (Å²) in [6, 6.07) is 8.21. The number of nitrogens with one attached hydrogen (secondary N) is 1. The van der Waals surface area contributed by atoms with Crippen molar-refractivity contribution in [1.29, 1.82) is 0 Å². The number of aromatic nitrogens is 3. The van der Waals surface area contributed by atoms with Crippen LogP contribution in [0.3, 0.4) is 0 Å². The van der Waals surface area contributed by atoms with Gasteiger partial charge in [0.05, 0.1) is 18.9 Å². The van der Waals surface area contributed by atoms with E-state index in [0.29, 0.717) is 24.8 Å². The number of hydrogen-bond acceptors (Lipinski definition) is 5. The number of nitrogens with zero attached hydrogens (tertiary/aromatic N) is 3. The number of aryl methyl sites for hydroxylation is 1. The van der Waals surface area contributed by atoms with Crippen molar-refractivity contribution in [2.45, 2.75) is 50.7 Å². The van der Waals surface area contributed by atoms with Crippen LogP contribution in [0, 0.1) is 12.8 Å². The lowest BCUT2D eigenvalue weighted by Gasteiger charge is -2.21. The molecule has 0 bridgehead atoms.